The molecule has 1 saturated carbocycles. The van der Waals surface area contributed by atoms with E-state index < -0.39 is 0 Å². The first kappa shape index (κ1) is 15.4. The van der Waals surface area contributed by atoms with Crippen molar-refractivity contribution >= 4 is 5.91 Å². The molecule has 1 N–H and O–H groups in total. The van der Waals surface area contributed by atoms with Crippen LogP contribution in [-0.2, 0) is 31.0 Å². The summed E-state index contributed by atoms with van der Waals surface area (Å²) in [5, 5.41) is 3.04. The summed E-state index contributed by atoms with van der Waals surface area (Å²) in [6.45, 7) is 6.51. The average Bonchev–Trinajstić information content (AvgIpc) is 3.34. The highest BCUT2D eigenvalue weighted by molar-refractivity contribution is 5.80. The van der Waals surface area contributed by atoms with Crippen molar-refractivity contribution in [2.75, 3.05) is 6.54 Å². The third kappa shape index (κ3) is 3.36. The first-order valence-corrected chi connectivity index (χ1v) is 8.78. The van der Waals surface area contributed by atoms with Crippen molar-refractivity contribution in [1.29, 1.82) is 0 Å². The van der Waals surface area contributed by atoms with E-state index in [1.165, 1.54) is 11.1 Å². The molecule has 0 unspecified atom stereocenters. The van der Waals surface area contributed by atoms with Gasteiger partial charge in [-0.2, -0.15) is 0 Å². The second kappa shape index (κ2) is 6.40. The van der Waals surface area contributed by atoms with Crippen LogP contribution in [0.15, 0.2) is 30.5 Å². The molecule has 0 atom stereocenters. The lowest BCUT2D eigenvalue weighted by Gasteiger charge is -2.28. The highest BCUT2D eigenvalue weighted by Crippen LogP contribution is 2.28. The predicted molar refractivity (Wildman–Crippen MR) is 92.1 cm³/mol. The van der Waals surface area contributed by atoms with Crippen molar-refractivity contribution in [2.45, 2.75) is 45.9 Å². The summed E-state index contributed by atoms with van der Waals surface area (Å²) in [6.07, 6.45) is 4.01. The topological polar surface area (TPSA) is 50.2 Å². The van der Waals surface area contributed by atoms with E-state index in [0.717, 1.165) is 50.5 Å². The Labute approximate surface area is 142 Å². The molecule has 0 spiro atoms. The van der Waals surface area contributed by atoms with Gasteiger partial charge in [0, 0.05) is 25.6 Å². The van der Waals surface area contributed by atoms with Crippen LogP contribution in [0.2, 0.25) is 0 Å². The molecular formula is C19H24N4O. The van der Waals surface area contributed by atoms with Crippen LogP contribution in [0.1, 0.15) is 35.5 Å². The Morgan fingerprint density at radius 2 is 2.21 bits per heavy atom. The molecule has 0 saturated heterocycles. The summed E-state index contributed by atoms with van der Waals surface area (Å²) in [5.41, 5.74) is 3.78. The Bertz CT molecular complexity index is 748. The Morgan fingerprint density at radius 3 is 3.00 bits per heavy atom. The molecule has 0 radical (unpaired) electrons. The Hall–Kier alpha value is -2.14. The number of rotatable bonds is 5. The van der Waals surface area contributed by atoms with Gasteiger partial charge in [-0.25, -0.2) is 4.98 Å². The van der Waals surface area contributed by atoms with Crippen LogP contribution in [0.4, 0.5) is 0 Å². The van der Waals surface area contributed by atoms with Crippen molar-refractivity contribution in [1.82, 2.24) is 19.8 Å². The number of hydrogen-bond donors (Lipinski definition) is 1. The van der Waals surface area contributed by atoms with Crippen molar-refractivity contribution in [3.8, 4) is 0 Å². The van der Waals surface area contributed by atoms with E-state index in [-0.39, 0.29) is 11.8 Å². The fourth-order valence-corrected chi connectivity index (χ4v) is 3.39. The first-order valence-electron chi connectivity index (χ1n) is 8.78. The SMILES string of the molecule is Cc1cccc(CN2CCn3c(CNC(=O)C4CC4)cnc3C2)c1. The molecule has 2 aromatic rings. The van der Waals surface area contributed by atoms with Crippen molar-refractivity contribution < 1.29 is 4.79 Å². The van der Waals surface area contributed by atoms with Gasteiger partial charge in [0.15, 0.2) is 0 Å². The number of nitrogens with zero attached hydrogens (tertiary/aromatic N) is 3. The van der Waals surface area contributed by atoms with Crippen LogP contribution in [0, 0.1) is 12.8 Å². The lowest BCUT2D eigenvalue weighted by Crippen LogP contribution is -2.35. The normalized spacial score (nSPS) is 17.5. The number of carbonyl (C=O) groups excluding carboxylic acids is 1. The van der Waals surface area contributed by atoms with E-state index in [1.54, 1.807) is 0 Å². The molecule has 1 amide bonds. The molecule has 2 aliphatic rings. The second-order valence-electron chi connectivity index (χ2n) is 7.01. The van der Waals surface area contributed by atoms with E-state index in [2.05, 4.69) is 51.0 Å². The van der Waals surface area contributed by atoms with E-state index >= 15 is 0 Å². The molecule has 1 fully saturated rings. The smallest absolute Gasteiger partial charge is 0.223 e. The molecule has 1 aliphatic carbocycles. The monoisotopic (exact) mass is 324 g/mol. The minimum Gasteiger partial charge on any atom is -0.350 e. The largest absolute Gasteiger partial charge is 0.350 e. The minimum absolute atomic E-state index is 0.197. The van der Waals surface area contributed by atoms with Gasteiger partial charge in [0.25, 0.3) is 0 Å². The Kier molecular flexibility index (Phi) is 4.10. The molecule has 126 valence electrons. The van der Waals surface area contributed by atoms with Crippen molar-refractivity contribution in [3.05, 3.63) is 53.1 Å². The number of fused-ring (bicyclic) bond motifs is 1. The maximum Gasteiger partial charge on any atom is 0.223 e. The van der Waals surface area contributed by atoms with Crippen LogP contribution in [0.25, 0.3) is 0 Å². The Balaban J connectivity index is 1.38. The first-order chi connectivity index (χ1) is 11.7. The van der Waals surface area contributed by atoms with Gasteiger partial charge >= 0.3 is 0 Å². The predicted octanol–water partition coefficient (Wildman–Crippen LogP) is 2.23. The molecule has 1 aliphatic heterocycles. The number of aryl methyl sites for hydroxylation is 1. The van der Waals surface area contributed by atoms with Crippen LogP contribution in [-0.4, -0.2) is 26.9 Å². The number of amides is 1. The van der Waals surface area contributed by atoms with Crippen LogP contribution >= 0.6 is 0 Å². The van der Waals surface area contributed by atoms with Gasteiger partial charge in [-0.05, 0) is 25.3 Å². The number of benzene rings is 1. The van der Waals surface area contributed by atoms with Gasteiger partial charge < -0.3 is 9.88 Å². The van der Waals surface area contributed by atoms with Crippen molar-refractivity contribution in [3.63, 3.8) is 0 Å². The number of nitrogens with one attached hydrogen (secondary N) is 1. The maximum absolute atomic E-state index is 11.8. The second-order valence-corrected chi connectivity index (χ2v) is 7.01. The lowest BCUT2D eigenvalue weighted by atomic mass is 10.1. The lowest BCUT2D eigenvalue weighted by molar-refractivity contribution is -0.122. The third-order valence-electron chi connectivity index (χ3n) is 4.91. The van der Waals surface area contributed by atoms with Crippen LogP contribution in [0.3, 0.4) is 0 Å². The fourth-order valence-electron chi connectivity index (χ4n) is 3.39. The summed E-state index contributed by atoms with van der Waals surface area (Å²) in [7, 11) is 0. The fraction of sp³-hybridized carbons (Fsp3) is 0.474. The zero-order valence-corrected chi connectivity index (χ0v) is 14.2. The molecule has 0 bridgehead atoms. The highest BCUT2D eigenvalue weighted by atomic mass is 16.2. The van der Waals surface area contributed by atoms with Crippen LogP contribution in [0.5, 0.6) is 0 Å². The molecular weight excluding hydrogens is 300 g/mol. The number of aromatic nitrogens is 2. The van der Waals surface area contributed by atoms with Gasteiger partial charge in [0.05, 0.1) is 25.0 Å². The minimum atomic E-state index is 0.197. The molecule has 24 heavy (non-hydrogen) atoms. The summed E-state index contributed by atoms with van der Waals surface area (Å²) in [5.74, 6) is 1.56. The van der Waals surface area contributed by atoms with Gasteiger partial charge in [-0.1, -0.05) is 29.8 Å². The standard InChI is InChI=1S/C19H24N4O/c1-14-3-2-4-15(9-14)12-22-7-8-23-17(10-20-18(23)13-22)11-21-19(24)16-5-6-16/h2-4,9-10,16H,5-8,11-13H2,1H3,(H,21,24). The van der Waals surface area contributed by atoms with E-state index in [4.69, 9.17) is 0 Å². The van der Waals surface area contributed by atoms with Gasteiger partial charge in [0.1, 0.15) is 5.82 Å². The molecule has 1 aromatic carbocycles. The molecule has 1 aromatic heterocycles. The average molecular weight is 324 g/mol. The van der Waals surface area contributed by atoms with E-state index in [9.17, 15) is 4.79 Å². The third-order valence-corrected chi connectivity index (χ3v) is 4.91. The van der Waals surface area contributed by atoms with E-state index in [0.29, 0.717) is 6.54 Å². The highest BCUT2D eigenvalue weighted by Gasteiger charge is 2.29. The number of carbonyl (C=O) groups is 1. The van der Waals surface area contributed by atoms with Crippen molar-refractivity contribution in [2.24, 2.45) is 5.92 Å². The molecule has 5 heteroatoms. The zero-order chi connectivity index (χ0) is 16.5. The van der Waals surface area contributed by atoms with Gasteiger partial charge in [0.2, 0.25) is 5.91 Å². The zero-order valence-electron chi connectivity index (χ0n) is 14.2. The number of imidazole rings is 1. The quantitative estimate of drug-likeness (QED) is 0.917. The molecule has 4 rings (SSSR count). The molecule has 5 nitrogen and oxygen atoms in total. The number of hydrogen-bond acceptors (Lipinski definition) is 3. The van der Waals surface area contributed by atoms with Gasteiger partial charge in [-0.3, -0.25) is 9.69 Å². The Morgan fingerprint density at radius 1 is 1.33 bits per heavy atom. The summed E-state index contributed by atoms with van der Waals surface area (Å²) < 4.78 is 2.26. The maximum atomic E-state index is 11.8. The van der Waals surface area contributed by atoms with Gasteiger partial charge in [-0.15, -0.1) is 0 Å². The summed E-state index contributed by atoms with van der Waals surface area (Å²) >= 11 is 0. The molecule has 2 heterocycles. The van der Waals surface area contributed by atoms with Crippen LogP contribution < -0.4 is 5.32 Å². The van der Waals surface area contributed by atoms with E-state index in [1.807, 2.05) is 6.20 Å². The summed E-state index contributed by atoms with van der Waals surface area (Å²) in [6, 6.07) is 8.69. The summed E-state index contributed by atoms with van der Waals surface area (Å²) in [4.78, 5) is 18.8.